The number of unbranched alkanes of at least 4 members (excludes halogenated alkanes) is 1. The summed E-state index contributed by atoms with van der Waals surface area (Å²) in [5.41, 5.74) is 12.1. The van der Waals surface area contributed by atoms with E-state index in [4.69, 9.17) is 16.6 Å². The number of nitrogens with two attached hydrogens (primary N) is 2. The number of nitrogens with zero attached hydrogens (tertiary/aromatic N) is 1. The van der Waals surface area contributed by atoms with E-state index in [0.717, 1.165) is 17.5 Å². The topological polar surface area (TPSA) is 139 Å². The van der Waals surface area contributed by atoms with E-state index in [9.17, 15) is 14.7 Å². The molecule has 23 heavy (non-hydrogen) atoms. The van der Waals surface area contributed by atoms with Crippen LogP contribution in [0.3, 0.4) is 0 Å². The highest BCUT2D eigenvalue weighted by atomic mass is 16.4. The molecule has 0 aliphatic carbocycles. The van der Waals surface area contributed by atoms with Crippen molar-refractivity contribution in [3.8, 4) is 0 Å². The zero-order valence-corrected chi connectivity index (χ0v) is 12.9. The van der Waals surface area contributed by atoms with Crippen molar-refractivity contribution in [2.75, 3.05) is 6.54 Å². The van der Waals surface area contributed by atoms with E-state index in [0.29, 0.717) is 25.8 Å². The van der Waals surface area contributed by atoms with Gasteiger partial charge < -0.3 is 21.7 Å². The van der Waals surface area contributed by atoms with Crippen molar-refractivity contribution in [2.24, 2.45) is 16.5 Å². The Labute approximate surface area is 135 Å². The number of hydrogen-bond acceptors (Lipinski definition) is 3. The van der Waals surface area contributed by atoms with Gasteiger partial charge >= 0.3 is 11.9 Å². The third-order valence-electron chi connectivity index (χ3n) is 3.50. The maximum atomic E-state index is 11.4. The first-order chi connectivity index (χ1) is 10.9. The van der Waals surface area contributed by atoms with Gasteiger partial charge in [-0.3, -0.25) is 14.6 Å². The Kier molecular flexibility index (Phi) is 7.59. The zero-order chi connectivity index (χ0) is 17.2. The molecule has 126 valence electrons. The zero-order valence-electron chi connectivity index (χ0n) is 12.9. The number of carbonyl (C=O) groups is 2. The van der Waals surface area contributed by atoms with E-state index in [-0.39, 0.29) is 12.4 Å². The second kappa shape index (κ2) is 9.45. The van der Waals surface area contributed by atoms with Crippen LogP contribution in [0, 0.1) is 0 Å². The number of rotatable bonds is 10. The maximum absolute atomic E-state index is 11.4. The molecule has 0 fully saturated rings. The number of aliphatic carboxylic acids is 2. The fourth-order valence-electron chi connectivity index (χ4n) is 2.27. The molecule has 1 unspecified atom stereocenters. The van der Waals surface area contributed by atoms with Crippen molar-refractivity contribution >= 4 is 17.9 Å². The Balaban J connectivity index is 2.58. The van der Waals surface area contributed by atoms with Gasteiger partial charge in [0.25, 0.3) is 0 Å². The van der Waals surface area contributed by atoms with Crippen molar-refractivity contribution in [3.63, 3.8) is 0 Å². The standard InChI is InChI=1S/C16H23N3O4/c17-16(18)19-10-2-1-3-13(15(22)23)12-7-4-11(5-8-12)6-9-14(20)21/h4-5,7-8,13H,1-3,6,9-10H2,(H,20,21)(H,22,23)(H4,17,18,19). The molecule has 0 saturated carbocycles. The van der Waals surface area contributed by atoms with Gasteiger partial charge in [0.1, 0.15) is 0 Å². The highest BCUT2D eigenvalue weighted by molar-refractivity contribution is 5.76. The van der Waals surface area contributed by atoms with Gasteiger partial charge in [0, 0.05) is 13.0 Å². The molecule has 6 N–H and O–H groups in total. The minimum atomic E-state index is -0.870. The second-order valence-corrected chi connectivity index (χ2v) is 5.33. The largest absolute Gasteiger partial charge is 0.481 e. The molecular weight excluding hydrogens is 298 g/mol. The molecular formula is C16H23N3O4. The Morgan fingerprint density at radius 3 is 2.26 bits per heavy atom. The van der Waals surface area contributed by atoms with E-state index < -0.39 is 17.9 Å². The summed E-state index contributed by atoms with van der Waals surface area (Å²) in [5.74, 6) is -2.26. The Bertz CT molecular complexity index is 551. The Morgan fingerprint density at radius 1 is 1.09 bits per heavy atom. The van der Waals surface area contributed by atoms with Crippen molar-refractivity contribution in [1.82, 2.24) is 0 Å². The Morgan fingerprint density at radius 2 is 1.74 bits per heavy atom. The first-order valence-corrected chi connectivity index (χ1v) is 7.49. The molecule has 1 atom stereocenters. The quantitative estimate of drug-likeness (QED) is 0.291. The van der Waals surface area contributed by atoms with Crippen molar-refractivity contribution in [2.45, 2.75) is 38.0 Å². The second-order valence-electron chi connectivity index (χ2n) is 5.33. The number of benzene rings is 1. The highest BCUT2D eigenvalue weighted by Crippen LogP contribution is 2.23. The van der Waals surface area contributed by atoms with Crippen LogP contribution in [0.15, 0.2) is 29.3 Å². The molecule has 0 bridgehead atoms. The predicted octanol–water partition coefficient (Wildman–Crippen LogP) is 1.32. The van der Waals surface area contributed by atoms with Crippen LogP contribution in [-0.4, -0.2) is 34.7 Å². The van der Waals surface area contributed by atoms with Crippen LogP contribution in [-0.2, 0) is 16.0 Å². The summed E-state index contributed by atoms with van der Waals surface area (Å²) in [6.45, 7) is 0.489. The lowest BCUT2D eigenvalue weighted by atomic mass is 9.92. The normalized spacial score (nSPS) is 11.7. The lowest BCUT2D eigenvalue weighted by molar-refractivity contribution is -0.139. The fourth-order valence-corrected chi connectivity index (χ4v) is 2.27. The number of guanidine groups is 1. The van der Waals surface area contributed by atoms with Gasteiger partial charge in [0.15, 0.2) is 5.96 Å². The summed E-state index contributed by atoms with van der Waals surface area (Å²) in [6, 6.07) is 7.08. The van der Waals surface area contributed by atoms with Gasteiger partial charge in [-0.25, -0.2) is 0 Å². The Hall–Kier alpha value is -2.57. The number of aryl methyl sites for hydroxylation is 1. The lowest BCUT2D eigenvalue weighted by Crippen LogP contribution is -2.23. The molecule has 1 rings (SSSR count). The van der Waals surface area contributed by atoms with Crippen LogP contribution in [0.1, 0.15) is 42.7 Å². The average molecular weight is 321 g/mol. The molecule has 0 saturated heterocycles. The van der Waals surface area contributed by atoms with E-state index in [2.05, 4.69) is 4.99 Å². The van der Waals surface area contributed by atoms with Gasteiger partial charge in [-0.2, -0.15) is 0 Å². The summed E-state index contributed by atoms with van der Waals surface area (Å²) in [6.07, 6.45) is 2.43. The smallest absolute Gasteiger partial charge is 0.310 e. The van der Waals surface area contributed by atoms with Gasteiger partial charge in [-0.15, -0.1) is 0 Å². The van der Waals surface area contributed by atoms with Gasteiger partial charge in [-0.05, 0) is 30.4 Å². The van der Waals surface area contributed by atoms with Crippen LogP contribution in [0.2, 0.25) is 0 Å². The van der Waals surface area contributed by atoms with Crippen LogP contribution < -0.4 is 11.5 Å². The first kappa shape index (κ1) is 18.5. The molecule has 0 amide bonds. The summed E-state index contributed by atoms with van der Waals surface area (Å²) in [7, 11) is 0. The minimum Gasteiger partial charge on any atom is -0.481 e. The molecule has 7 heteroatoms. The van der Waals surface area contributed by atoms with Crippen LogP contribution in [0.4, 0.5) is 0 Å². The summed E-state index contributed by atoms with van der Waals surface area (Å²) >= 11 is 0. The summed E-state index contributed by atoms with van der Waals surface area (Å²) in [5, 5.41) is 18.0. The van der Waals surface area contributed by atoms with Crippen molar-refractivity contribution in [1.29, 1.82) is 0 Å². The maximum Gasteiger partial charge on any atom is 0.310 e. The minimum absolute atomic E-state index is 0.0386. The van der Waals surface area contributed by atoms with E-state index in [1.165, 1.54) is 0 Å². The SMILES string of the molecule is NC(N)=NCCCCC(C(=O)O)c1ccc(CCC(=O)O)cc1. The molecule has 0 aromatic heterocycles. The number of hydrogen-bond donors (Lipinski definition) is 4. The van der Waals surface area contributed by atoms with Crippen LogP contribution in [0.5, 0.6) is 0 Å². The molecule has 0 heterocycles. The third kappa shape index (κ3) is 7.30. The fraction of sp³-hybridized carbons (Fsp3) is 0.438. The predicted molar refractivity (Wildman–Crippen MR) is 87.3 cm³/mol. The van der Waals surface area contributed by atoms with Crippen LogP contribution >= 0.6 is 0 Å². The molecule has 7 nitrogen and oxygen atoms in total. The van der Waals surface area contributed by atoms with Gasteiger partial charge in [0.05, 0.1) is 5.92 Å². The first-order valence-electron chi connectivity index (χ1n) is 7.49. The monoisotopic (exact) mass is 321 g/mol. The number of carboxylic acid groups (broad SMARTS) is 2. The highest BCUT2D eigenvalue weighted by Gasteiger charge is 2.19. The number of carboxylic acids is 2. The number of aliphatic imine (C=N–C) groups is 1. The van der Waals surface area contributed by atoms with Gasteiger partial charge in [-0.1, -0.05) is 30.7 Å². The molecule has 0 aliphatic rings. The molecule has 1 aromatic rings. The van der Waals surface area contributed by atoms with E-state index in [1.807, 2.05) is 0 Å². The molecule has 0 spiro atoms. The average Bonchev–Trinajstić information content (AvgIpc) is 2.49. The van der Waals surface area contributed by atoms with Crippen molar-refractivity contribution in [3.05, 3.63) is 35.4 Å². The van der Waals surface area contributed by atoms with Gasteiger partial charge in [0.2, 0.25) is 0 Å². The van der Waals surface area contributed by atoms with Crippen LogP contribution in [0.25, 0.3) is 0 Å². The third-order valence-corrected chi connectivity index (χ3v) is 3.50. The molecule has 0 aliphatic heterocycles. The lowest BCUT2D eigenvalue weighted by Gasteiger charge is -2.13. The van der Waals surface area contributed by atoms with Crippen molar-refractivity contribution < 1.29 is 19.8 Å². The summed E-state index contributed by atoms with van der Waals surface area (Å²) < 4.78 is 0. The van der Waals surface area contributed by atoms with E-state index >= 15 is 0 Å². The molecule has 1 aromatic carbocycles. The van der Waals surface area contributed by atoms with E-state index in [1.54, 1.807) is 24.3 Å². The summed E-state index contributed by atoms with van der Waals surface area (Å²) in [4.78, 5) is 25.8. The molecule has 0 radical (unpaired) electrons.